The van der Waals surface area contributed by atoms with Crippen molar-refractivity contribution in [2.75, 3.05) is 17.7 Å². The zero-order valence-corrected chi connectivity index (χ0v) is 20.2. The standard InChI is InChI=1S/C27H23ClN2O3S/c1-17(26(31)30-24-16-21(28)9-14-25(24)33-2)34-23-12-10-22(11-13-23)29-27(32)20-8-7-18-5-3-4-6-19(18)15-20/h3-17H,1-2H3,(H,29,32)(H,30,31). The van der Waals surface area contributed by atoms with Gasteiger partial charge >= 0.3 is 0 Å². The van der Waals surface area contributed by atoms with Crippen molar-refractivity contribution in [2.45, 2.75) is 17.1 Å². The summed E-state index contributed by atoms with van der Waals surface area (Å²) >= 11 is 7.46. The first-order valence-electron chi connectivity index (χ1n) is 10.6. The van der Waals surface area contributed by atoms with Crippen LogP contribution in [0.5, 0.6) is 5.75 Å². The second-order valence-electron chi connectivity index (χ2n) is 7.63. The highest BCUT2D eigenvalue weighted by Gasteiger charge is 2.17. The Morgan fingerprint density at radius 1 is 0.882 bits per heavy atom. The van der Waals surface area contributed by atoms with Crippen molar-refractivity contribution < 1.29 is 14.3 Å². The van der Waals surface area contributed by atoms with E-state index in [9.17, 15) is 9.59 Å². The summed E-state index contributed by atoms with van der Waals surface area (Å²) in [6.07, 6.45) is 0. The predicted molar refractivity (Wildman–Crippen MR) is 140 cm³/mol. The van der Waals surface area contributed by atoms with Gasteiger partial charge in [-0.25, -0.2) is 0 Å². The second kappa shape index (κ2) is 10.6. The maximum absolute atomic E-state index is 12.7. The molecule has 0 aromatic heterocycles. The molecule has 4 aromatic carbocycles. The number of rotatable bonds is 7. The van der Waals surface area contributed by atoms with Gasteiger partial charge in [-0.05, 0) is 72.3 Å². The summed E-state index contributed by atoms with van der Waals surface area (Å²) in [7, 11) is 1.54. The number of anilines is 2. The minimum Gasteiger partial charge on any atom is -0.495 e. The molecule has 0 saturated heterocycles. The Morgan fingerprint density at radius 3 is 2.35 bits per heavy atom. The number of halogens is 1. The number of carbonyl (C=O) groups is 2. The first kappa shape index (κ1) is 23.7. The number of benzene rings is 4. The summed E-state index contributed by atoms with van der Waals surface area (Å²) in [5, 5.41) is 8.05. The van der Waals surface area contributed by atoms with Gasteiger partial charge in [0.2, 0.25) is 5.91 Å². The summed E-state index contributed by atoms with van der Waals surface area (Å²) in [5.41, 5.74) is 1.81. The van der Waals surface area contributed by atoms with E-state index in [2.05, 4.69) is 10.6 Å². The van der Waals surface area contributed by atoms with Crippen molar-refractivity contribution in [1.29, 1.82) is 0 Å². The molecule has 34 heavy (non-hydrogen) atoms. The van der Waals surface area contributed by atoms with Crippen molar-refractivity contribution in [2.24, 2.45) is 0 Å². The zero-order valence-electron chi connectivity index (χ0n) is 18.7. The first-order chi connectivity index (χ1) is 16.4. The normalized spacial score (nSPS) is 11.6. The molecule has 0 aliphatic rings. The van der Waals surface area contributed by atoms with E-state index in [-0.39, 0.29) is 17.1 Å². The van der Waals surface area contributed by atoms with Crippen LogP contribution in [-0.2, 0) is 4.79 Å². The highest BCUT2D eigenvalue weighted by atomic mass is 35.5. The highest BCUT2D eigenvalue weighted by Crippen LogP contribution is 2.30. The molecular formula is C27H23ClN2O3S. The fourth-order valence-electron chi connectivity index (χ4n) is 3.42. The third-order valence-electron chi connectivity index (χ3n) is 5.23. The van der Waals surface area contributed by atoms with E-state index < -0.39 is 0 Å². The molecule has 5 nitrogen and oxygen atoms in total. The lowest BCUT2D eigenvalue weighted by molar-refractivity contribution is -0.115. The Morgan fingerprint density at radius 2 is 1.62 bits per heavy atom. The molecule has 0 radical (unpaired) electrons. The number of hydrogen-bond donors (Lipinski definition) is 2. The Bertz CT molecular complexity index is 1340. The number of fused-ring (bicyclic) bond motifs is 1. The van der Waals surface area contributed by atoms with Crippen molar-refractivity contribution >= 4 is 57.3 Å². The average molecular weight is 491 g/mol. The minimum absolute atomic E-state index is 0.167. The Balaban J connectivity index is 1.37. The molecule has 172 valence electrons. The Labute approximate surface area is 207 Å². The van der Waals surface area contributed by atoms with Crippen LogP contribution in [0.15, 0.2) is 89.8 Å². The van der Waals surface area contributed by atoms with E-state index in [1.54, 1.807) is 18.2 Å². The number of nitrogens with one attached hydrogen (secondary N) is 2. The van der Waals surface area contributed by atoms with Gasteiger partial charge in [-0.2, -0.15) is 0 Å². The van der Waals surface area contributed by atoms with Gasteiger partial charge in [0, 0.05) is 21.2 Å². The molecule has 1 unspecified atom stereocenters. The van der Waals surface area contributed by atoms with Gasteiger partial charge < -0.3 is 15.4 Å². The number of amides is 2. The number of hydrogen-bond acceptors (Lipinski definition) is 4. The molecule has 4 aromatic rings. The Hall–Kier alpha value is -3.48. The molecule has 0 aliphatic heterocycles. The van der Waals surface area contributed by atoms with Crippen LogP contribution in [0.3, 0.4) is 0 Å². The zero-order chi connectivity index (χ0) is 24.1. The van der Waals surface area contributed by atoms with Crippen molar-refractivity contribution in [3.8, 4) is 5.75 Å². The van der Waals surface area contributed by atoms with Crippen LogP contribution in [0.1, 0.15) is 17.3 Å². The summed E-state index contributed by atoms with van der Waals surface area (Å²) in [6, 6.07) is 26.0. The number of thioether (sulfide) groups is 1. The summed E-state index contributed by atoms with van der Waals surface area (Å²) < 4.78 is 5.28. The quantitative estimate of drug-likeness (QED) is 0.277. The van der Waals surface area contributed by atoms with Gasteiger partial charge in [-0.15, -0.1) is 11.8 Å². The van der Waals surface area contributed by atoms with Gasteiger partial charge in [0.25, 0.3) is 5.91 Å². The number of ether oxygens (including phenoxy) is 1. The molecule has 2 amide bonds. The van der Waals surface area contributed by atoms with Gasteiger partial charge in [-0.1, -0.05) is 41.9 Å². The van der Waals surface area contributed by atoms with Crippen molar-refractivity contribution in [1.82, 2.24) is 0 Å². The van der Waals surface area contributed by atoms with E-state index in [1.165, 1.54) is 18.9 Å². The largest absolute Gasteiger partial charge is 0.495 e. The molecular weight excluding hydrogens is 468 g/mol. The third-order valence-corrected chi connectivity index (χ3v) is 6.57. The van der Waals surface area contributed by atoms with Gasteiger partial charge in [0.05, 0.1) is 18.0 Å². The van der Waals surface area contributed by atoms with Gasteiger partial charge in [-0.3, -0.25) is 9.59 Å². The smallest absolute Gasteiger partial charge is 0.255 e. The van der Waals surface area contributed by atoms with Crippen LogP contribution in [0.2, 0.25) is 5.02 Å². The predicted octanol–water partition coefficient (Wildman–Crippen LogP) is 6.87. The van der Waals surface area contributed by atoms with Crippen LogP contribution >= 0.6 is 23.4 Å². The molecule has 0 saturated carbocycles. The van der Waals surface area contributed by atoms with Crippen molar-refractivity contribution in [3.63, 3.8) is 0 Å². The van der Waals surface area contributed by atoms with Crippen molar-refractivity contribution in [3.05, 3.63) is 95.5 Å². The fourth-order valence-corrected chi connectivity index (χ4v) is 4.46. The Kier molecular flexibility index (Phi) is 7.40. The summed E-state index contributed by atoms with van der Waals surface area (Å²) in [4.78, 5) is 26.2. The average Bonchev–Trinajstić information content (AvgIpc) is 2.85. The monoisotopic (exact) mass is 490 g/mol. The van der Waals surface area contributed by atoms with E-state index in [0.717, 1.165) is 15.7 Å². The number of carbonyl (C=O) groups excluding carboxylic acids is 2. The third kappa shape index (κ3) is 5.71. The topological polar surface area (TPSA) is 67.4 Å². The lowest BCUT2D eigenvalue weighted by Gasteiger charge is -2.15. The van der Waals surface area contributed by atoms with E-state index in [0.29, 0.717) is 27.7 Å². The van der Waals surface area contributed by atoms with Crippen LogP contribution in [0.4, 0.5) is 11.4 Å². The molecule has 1 atom stereocenters. The van der Waals surface area contributed by atoms with Gasteiger partial charge in [0.15, 0.2) is 0 Å². The second-order valence-corrected chi connectivity index (χ2v) is 9.49. The molecule has 0 heterocycles. The SMILES string of the molecule is COc1ccc(Cl)cc1NC(=O)C(C)Sc1ccc(NC(=O)c2ccc3ccccc3c2)cc1. The molecule has 0 spiro atoms. The molecule has 2 N–H and O–H groups in total. The highest BCUT2D eigenvalue weighted by molar-refractivity contribution is 8.00. The number of methoxy groups -OCH3 is 1. The maximum Gasteiger partial charge on any atom is 0.255 e. The van der Waals surface area contributed by atoms with Crippen LogP contribution in [0, 0.1) is 0 Å². The molecule has 4 rings (SSSR count). The first-order valence-corrected chi connectivity index (χ1v) is 11.9. The molecule has 0 fully saturated rings. The van der Waals surface area contributed by atoms with E-state index >= 15 is 0 Å². The summed E-state index contributed by atoms with van der Waals surface area (Å²) in [5.74, 6) is 0.204. The molecule has 0 bridgehead atoms. The molecule has 0 aliphatic carbocycles. The lowest BCUT2D eigenvalue weighted by atomic mass is 10.1. The molecule has 7 heteroatoms. The van der Waals surface area contributed by atoms with Crippen LogP contribution in [-0.4, -0.2) is 24.2 Å². The summed E-state index contributed by atoms with van der Waals surface area (Å²) in [6.45, 7) is 1.83. The lowest BCUT2D eigenvalue weighted by Crippen LogP contribution is -2.22. The van der Waals surface area contributed by atoms with Crippen LogP contribution < -0.4 is 15.4 Å². The van der Waals surface area contributed by atoms with Crippen LogP contribution in [0.25, 0.3) is 10.8 Å². The maximum atomic E-state index is 12.7. The van der Waals surface area contributed by atoms with E-state index in [1.807, 2.05) is 73.7 Å². The minimum atomic E-state index is -0.360. The fraction of sp³-hybridized carbons (Fsp3) is 0.111. The van der Waals surface area contributed by atoms with E-state index in [4.69, 9.17) is 16.3 Å². The van der Waals surface area contributed by atoms with Gasteiger partial charge in [0.1, 0.15) is 5.75 Å².